The lowest BCUT2D eigenvalue weighted by Gasteiger charge is -2.24. The van der Waals surface area contributed by atoms with E-state index >= 15 is 0 Å². The molecule has 3 aromatic rings. The maximum Gasteiger partial charge on any atom is 0.256 e. The number of pyridine rings is 1. The van der Waals surface area contributed by atoms with Crippen molar-refractivity contribution in [2.24, 2.45) is 0 Å². The number of amides is 1. The summed E-state index contributed by atoms with van der Waals surface area (Å²) in [5, 5.41) is 15.0. The molecular formula is C24H27N7O. The highest BCUT2D eigenvalue weighted by Crippen LogP contribution is 2.26. The van der Waals surface area contributed by atoms with Crippen molar-refractivity contribution in [2.45, 2.75) is 45.1 Å². The van der Waals surface area contributed by atoms with Crippen LogP contribution in [0.25, 0.3) is 0 Å². The number of aryl methyl sites for hydroxylation is 1. The van der Waals surface area contributed by atoms with Crippen molar-refractivity contribution >= 4 is 29.1 Å². The molecule has 8 nitrogen and oxygen atoms in total. The second-order valence-electron chi connectivity index (χ2n) is 8.09. The lowest BCUT2D eigenvalue weighted by Crippen LogP contribution is -2.25. The van der Waals surface area contributed by atoms with Gasteiger partial charge in [-0.15, -0.1) is 0 Å². The molecule has 1 aromatic carbocycles. The zero-order valence-corrected chi connectivity index (χ0v) is 18.1. The summed E-state index contributed by atoms with van der Waals surface area (Å²) in [7, 11) is 0. The summed E-state index contributed by atoms with van der Waals surface area (Å²) >= 11 is 0. The minimum absolute atomic E-state index is 0.216. The van der Waals surface area contributed by atoms with Crippen molar-refractivity contribution in [3.8, 4) is 0 Å². The molecule has 2 heterocycles. The molecule has 0 bridgehead atoms. The van der Waals surface area contributed by atoms with E-state index in [0.717, 1.165) is 18.4 Å². The maximum atomic E-state index is 12.6. The van der Waals surface area contributed by atoms with Crippen LogP contribution >= 0.6 is 0 Å². The number of aromatic nitrogens is 3. The first-order valence-corrected chi connectivity index (χ1v) is 10.8. The average molecular weight is 430 g/mol. The van der Waals surface area contributed by atoms with Crippen molar-refractivity contribution < 1.29 is 4.79 Å². The molecule has 1 aliphatic carbocycles. The molecule has 164 valence electrons. The van der Waals surface area contributed by atoms with Crippen LogP contribution in [0.2, 0.25) is 0 Å². The first-order valence-electron chi connectivity index (χ1n) is 10.8. The number of carbonyl (C=O) groups excluding carboxylic acids is 1. The Bertz CT molecular complexity index is 1120. The Morgan fingerprint density at radius 2 is 1.75 bits per heavy atom. The Balaban J connectivity index is 1.52. The fraction of sp³-hybridized carbons (Fsp3) is 0.292. The van der Waals surface area contributed by atoms with Gasteiger partial charge in [0, 0.05) is 23.4 Å². The summed E-state index contributed by atoms with van der Waals surface area (Å²) in [6.45, 7) is 1.94. The first-order chi connectivity index (χ1) is 15.5. The minimum atomic E-state index is -0.261. The van der Waals surface area contributed by atoms with Crippen LogP contribution < -0.4 is 16.4 Å². The smallest absolute Gasteiger partial charge is 0.256 e. The van der Waals surface area contributed by atoms with Gasteiger partial charge < -0.3 is 16.4 Å². The molecule has 5 N–H and O–H groups in total. The normalized spacial score (nSPS) is 14.0. The number of nitrogen functional groups attached to an aromatic ring is 1. The highest BCUT2D eigenvalue weighted by molar-refractivity contribution is 6.16. The molecule has 32 heavy (non-hydrogen) atoms. The van der Waals surface area contributed by atoms with Gasteiger partial charge in [0.15, 0.2) is 0 Å². The molecule has 0 spiro atoms. The monoisotopic (exact) mass is 429 g/mol. The third-order valence-electron chi connectivity index (χ3n) is 5.67. The Morgan fingerprint density at radius 3 is 2.47 bits per heavy atom. The number of hydrogen-bond acceptors (Lipinski definition) is 7. The van der Waals surface area contributed by atoms with Gasteiger partial charge in [0.1, 0.15) is 23.8 Å². The van der Waals surface area contributed by atoms with E-state index in [2.05, 4.69) is 25.6 Å². The minimum Gasteiger partial charge on any atom is -0.383 e. The van der Waals surface area contributed by atoms with Gasteiger partial charge >= 0.3 is 0 Å². The number of carbonyl (C=O) groups is 1. The number of hydrogen-bond donors (Lipinski definition) is 4. The van der Waals surface area contributed by atoms with Crippen LogP contribution in [0.15, 0.2) is 48.9 Å². The van der Waals surface area contributed by atoms with E-state index in [9.17, 15) is 4.79 Å². The SMILES string of the molecule is Cc1ccnc(NC(=O)c2ccc(C(=N)c3c(N)ncnc3NC3CCCCC3)cc2)c1. The maximum absolute atomic E-state index is 12.6. The van der Waals surface area contributed by atoms with Crippen LogP contribution in [0.1, 0.15) is 59.2 Å². The number of nitrogens with one attached hydrogen (secondary N) is 3. The molecule has 0 unspecified atom stereocenters. The van der Waals surface area contributed by atoms with E-state index < -0.39 is 0 Å². The topological polar surface area (TPSA) is 130 Å². The largest absolute Gasteiger partial charge is 0.383 e. The molecule has 1 amide bonds. The van der Waals surface area contributed by atoms with Crippen LogP contribution in [0, 0.1) is 12.3 Å². The van der Waals surface area contributed by atoms with Crippen molar-refractivity contribution in [1.82, 2.24) is 15.0 Å². The summed E-state index contributed by atoms with van der Waals surface area (Å²) in [4.78, 5) is 25.2. The Hall–Kier alpha value is -3.81. The zero-order valence-electron chi connectivity index (χ0n) is 18.1. The van der Waals surface area contributed by atoms with Crippen molar-refractivity contribution in [2.75, 3.05) is 16.4 Å². The van der Waals surface area contributed by atoms with Crippen molar-refractivity contribution in [3.63, 3.8) is 0 Å². The summed E-state index contributed by atoms with van der Waals surface area (Å²) in [6.07, 6.45) is 8.86. The number of nitrogens with zero attached hydrogens (tertiary/aromatic N) is 3. The standard InChI is InChI=1S/C24H27N7O/c1-15-11-12-27-19(13-15)31-24(32)17-9-7-16(8-10-17)21(25)20-22(26)28-14-29-23(20)30-18-5-3-2-4-6-18/h7-14,18,25H,2-6H2,1H3,(H,27,31,32)(H3,26,28,29,30). The van der Waals surface area contributed by atoms with E-state index in [0.29, 0.717) is 34.4 Å². The fourth-order valence-corrected chi connectivity index (χ4v) is 3.92. The summed E-state index contributed by atoms with van der Waals surface area (Å²) in [5.41, 5.74) is 8.96. The highest BCUT2D eigenvalue weighted by atomic mass is 16.1. The van der Waals surface area contributed by atoms with Gasteiger partial charge in [-0.2, -0.15) is 0 Å². The molecule has 1 saturated carbocycles. The second-order valence-corrected chi connectivity index (χ2v) is 8.09. The van der Waals surface area contributed by atoms with Gasteiger partial charge in [-0.3, -0.25) is 10.2 Å². The molecule has 0 radical (unpaired) electrons. The van der Waals surface area contributed by atoms with E-state index in [-0.39, 0.29) is 17.4 Å². The predicted molar refractivity (Wildman–Crippen MR) is 126 cm³/mol. The molecule has 0 aliphatic heterocycles. The lowest BCUT2D eigenvalue weighted by atomic mass is 9.95. The van der Waals surface area contributed by atoms with Crippen LogP contribution in [0.4, 0.5) is 17.5 Å². The molecule has 2 aromatic heterocycles. The van der Waals surface area contributed by atoms with E-state index in [1.807, 2.05) is 13.0 Å². The van der Waals surface area contributed by atoms with E-state index in [4.69, 9.17) is 11.1 Å². The average Bonchev–Trinajstić information content (AvgIpc) is 2.80. The third kappa shape index (κ3) is 4.91. The van der Waals surface area contributed by atoms with Crippen molar-refractivity contribution in [3.05, 3.63) is 71.2 Å². The molecule has 1 fully saturated rings. The highest BCUT2D eigenvalue weighted by Gasteiger charge is 2.20. The number of benzene rings is 1. The van der Waals surface area contributed by atoms with Crippen molar-refractivity contribution in [1.29, 1.82) is 5.41 Å². The Morgan fingerprint density at radius 1 is 1.03 bits per heavy atom. The number of nitrogens with two attached hydrogens (primary N) is 1. The second kappa shape index (κ2) is 9.55. The summed E-state index contributed by atoms with van der Waals surface area (Å²) < 4.78 is 0. The van der Waals surface area contributed by atoms with Gasteiger partial charge in [-0.1, -0.05) is 31.4 Å². The number of rotatable bonds is 6. The predicted octanol–water partition coefficient (Wildman–Crippen LogP) is 4.18. The molecule has 4 rings (SSSR count). The Labute approximate surface area is 187 Å². The van der Waals surface area contributed by atoms with Gasteiger partial charge in [0.25, 0.3) is 5.91 Å². The molecule has 1 aliphatic rings. The summed E-state index contributed by atoms with van der Waals surface area (Å²) in [5.74, 6) is 1.08. The molecule has 0 saturated heterocycles. The number of anilines is 3. The van der Waals surface area contributed by atoms with Gasteiger partial charge in [0.2, 0.25) is 0 Å². The lowest BCUT2D eigenvalue weighted by molar-refractivity contribution is 0.102. The fourth-order valence-electron chi connectivity index (χ4n) is 3.92. The molecular weight excluding hydrogens is 402 g/mol. The van der Waals surface area contributed by atoms with Crippen LogP contribution in [-0.2, 0) is 0 Å². The van der Waals surface area contributed by atoms with Crippen LogP contribution in [0.5, 0.6) is 0 Å². The Kier molecular flexibility index (Phi) is 6.39. The van der Waals surface area contributed by atoms with Crippen LogP contribution in [0.3, 0.4) is 0 Å². The van der Waals surface area contributed by atoms with Gasteiger partial charge in [-0.05, 0) is 49.6 Å². The molecule has 8 heteroatoms. The third-order valence-corrected chi connectivity index (χ3v) is 5.67. The van der Waals surface area contributed by atoms with Gasteiger partial charge in [-0.25, -0.2) is 15.0 Å². The first kappa shape index (κ1) is 21.4. The quantitative estimate of drug-likeness (QED) is 0.435. The zero-order chi connectivity index (χ0) is 22.5. The van der Waals surface area contributed by atoms with Crippen LogP contribution in [-0.4, -0.2) is 32.6 Å². The van der Waals surface area contributed by atoms with E-state index in [1.165, 1.54) is 25.6 Å². The van der Waals surface area contributed by atoms with Gasteiger partial charge in [0.05, 0.1) is 11.3 Å². The summed E-state index contributed by atoms with van der Waals surface area (Å²) in [6, 6.07) is 10.8. The van der Waals surface area contributed by atoms with E-state index in [1.54, 1.807) is 36.5 Å². The molecule has 0 atom stereocenters.